The quantitative estimate of drug-likeness (QED) is 0.640. The molecule has 0 amide bonds. The summed E-state index contributed by atoms with van der Waals surface area (Å²) in [4.78, 5) is 0. The smallest absolute Gasteiger partial charge is 0.0408 e. The van der Waals surface area contributed by atoms with Crippen LogP contribution in [0, 0.1) is 11.3 Å². The Morgan fingerprint density at radius 2 is 2.00 bits per heavy atom. The van der Waals surface area contributed by atoms with Crippen molar-refractivity contribution in [1.82, 2.24) is 5.32 Å². The molecule has 0 saturated heterocycles. The van der Waals surface area contributed by atoms with Gasteiger partial charge in [0.15, 0.2) is 0 Å². The zero-order valence-electron chi connectivity index (χ0n) is 13.5. The fourth-order valence-electron chi connectivity index (χ4n) is 2.39. The summed E-state index contributed by atoms with van der Waals surface area (Å²) in [7, 11) is 0. The van der Waals surface area contributed by atoms with Crippen LogP contribution in [0.4, 0.5) is 0 Å². The molecule has 1 unspecified atom stereocenters. The molecule has 1 nitrogen and oxygen atoms in total. The van der Waals surface area contributed by atoms with Crippen molar-refractivity contribution in [1.29, 1.82) is 0 Å². The molecular formula is C18H30ClN. The third kappa shape index (κ3) is 7.91. The normalized spacial score (nSPS) is 13.4. The predicted molar refractivity (Wildman–Crippen MR) is 90.5 cm³/mol. The second-order valence-electron chi connectivity index (χ2n) is 7.00. The molecule has 0 saturated carbocycles. The number of hydrogen-bond donors (Lipinski definition) is 1. The standard InChI is InChI=1S/C18H30ClN/c1-5-11-20-14-16(9-10-18(2,3)4)12-15-7-6-8-17(19)13-15/h6-8,13,16,20H,5,9-12,14H2,1-4H3. The van der Waals surface area contributed by atoms with E-state index >= 15 is 0 Å². The van der Waals surface area contributed by atoms with Crippen LogP contribution in [-0.2, 0) is 6.42 Å². The van der Waals surface area contributed by atoms with Gasteiger partial charge in [-0.25, -0.2) is 0 Å². The minimum absolute atomic E-state index is 0.414. The zero-order chi connectivity index (χ0) is 15.0. The lowest BCUT2D eigenvalue weighted by Gasteiger charge is -2.23. The summed E-state index contributed by atoms with van der Waals surface area (Å²) in [5.74, 6) is 0.694. The number of benzene rings is 1. The van der Waals surface area contributed by atoms with Crippen molar-refractivity contribution in [2.45, 2.75) is 53.4 Å². The van der Waals surface area contributed by atoms with Gasteiger partial charge in [0, 0.05) is 5.02 Å². The summed E-state index contributed by atoms with van der Waals surface area (Å²) >= 11 is 6.09. The molecule has 0 bridgehead atoms. The van der Waals surface area contributed by atoms with Crippen LogP contribution >= 0.6 is 11.6 Å². The molecule has 0 aliphatic rings. The Morgan fingerprint density at radius 3 is 2.60 bits per heavy atom. The second-order valence-corrected chi connectivity index (χ2v) is 7.44. The van der Waals surface area contributed by atoms with Crippen molar-refractivity contribution >= 4 is 11.6 Å². The zero-order valence-corrected chi connectivity index (χ0v) is 14.3. The molecule has 0 heterocycles. The summed E-state index contributed by atoms with van der Waals surface area (Å²) < 4.78 is 0. The van der Waals surface area contributed by atoms with Gasteiger partial charge in [-0.3, -0.25) is 0 Å². The first-order valence-electron chi connectivity index (χ1n) is 7.86. The maximum Gasteiger partial charge on any atom is 0.0408 e. The van der Waals surface area contributed by atoms with E-state index in [1.165, 1.54) is 24.8 Å². The Kier molecular flexibility index (Phi) is 7.61. The minimum atomic E-state index is 0.414. The van der Waals surface area contributed by atoms with Gasteiger partial charge in [0.2, 0.25) is 0 Å². The van der Waals surface area contributed by atoms with E-state index in [1.54, 1.807) is 0 Å². The largest absolute Gasteiger partial charge is 0.316 e. The highest BCUT2D eigenvalue weighted by atomic mass is 35.5. The van der Waals surface area contributed by atoms with Crippen LogP contribution in [0.1, 0.15) is 52.5 Å². The molecule has 0 aliphatic heterocycles. The van der Waals surface area contributed by atoms with Crippen molar-refractivity contribution in [3.63, 3.8) is 0 Å². The van der Waals surface area contributed by atoms with Crippen LogP contribution in [0.25, 0.3) is 0 Å². The van der Waals surface area contributed by atoms with E-state index < -0.39 is 0 Å². The van der Waals surface area contributed by atoms with Crippen LogP contribution in [-0.4, -0.2) is 13.1 Å². The number of halogens is 1. The van der Waals surface area contributed by atoms with Crippen LogP contribution < -0.4 is 5.32 Å². The summed E-state index contributed by atoms with van der Waals surface area (Å²) in [5, 5.41) is 4.42. The van der Waals surface area contributed by atoms with Gasteiger partial charge < -0.3 is 5.32 Å². The molecular weight excluding hydrogens is 266 g/mol. The van der Waals surface area contributed by atoms with E-state index in [9.17, 15) is 0 Å². The van der Waals surface area contributed by atoms with E-state index in [4.69, 9.17) is 11.6 Å². The fourth-order valence-corrected chi connectivity index (χ4v) is 2.61. The molecule has 1 aromatic rings. The van der Waals surface area contributed by atoms with E-state index in [-0.39, 0.29) is 0 Å². The van der Waals surface area contributed by atoms with Gasteiger partial charge in [-0.2, -0.15) is 0 Å². The number of hydrogen-bond acceptors (Lipinski definition) is 1. The first-order valence-corrected chi connectivity index (χ1v) is 8.23. The second kappa shape index (κ2) is 8.69. The molecule has 1 rings (SSSR count). The Hall–Kier alpha value is -0.530. The third-order valence-corrected chi connectivity index (χ3v) is 3.81. The van der Waals surface area contributed by atoms with Crippen molar-refractivity contribution < 1.29 is 0 Å². The van der Waals surface area contributed by atoms with Crippen molar-refractivity contribution in [2.24, 2.45) is 11.3 Å². The highest BCUT2D eigenvalue weighted by molar-refractivity contribution is 6.30. The molecule has 1 N–H and O–H groups in total. The average molecular weight is 296 g/mol. The van der Waals surface area contributed by atoms with Gasteiger partial charge in [0.1, 0.15) is 0 Å². The maximum absolute atomic E-state index is 6.09. The van der Waals surface area contributed by atoms with Crippen LogP contribution in [0.15, 0.2) is 24.3 Å². The summed E-state index contributed by atoms with van der Waals surface area (Å²) in [6.07, 6.45) is 4.86. The van der Waals surface area contributed by atoms with Gasteiger partial charge in [0.25, 0.3) is 0 Å². The molecule has 1 atom stereocenters. The Balaban J connectivity index is 2.56. The van der Waals surface area contributed by atoms with E-state index in [2.05, 4.69) is 51.2 Å². The molecule has 0 fully saturated rings. The fraction of sp³-hybridized carbons (Fsp3) is 0.667. The van der Waals surface area contributed by atoms with Gasteiger partial charge in [0.05, 0.1) is 0 Å². The summed E-state index contributed by atoms with van der Waals surface area (Å²) in [5.41, 5.74) is 1.77. The predicted octanol–water partition coefficient (Wildman–Crippen LogP) is 5.32. The molecule has 0 spiro atoms. The first-order chi connectivity index (χ1) is 9.40. The summed E-state index contributed by atoms with van der Waals surface area (Å²) in [6, 6.07) is 8.30. The first kappa shape index (κ1) is 17.5. The monoisotopic (exact) mass is 295 g/mol. The average Bonchev–Trinajstić information content (AvgIpc) is 2.35. The van der Waals surface area contributed by atoms with Gasteiger partial charge in [-0.05, 0) is 67.8 Å². The number of rotatable bonds is 8. The lowest BCUT2D eigenvalue weighted by atomic mass is 9.84. The van der Waals surface area contributed by atoms with E-state index in [1.807, 2.05) is 6.07 Å². The van der Waals surface area contributed by atoms with Gasteiger partial charge in [-0.1, -0.05) is 51.4 Å². The SMILES string of the molecule is CCCNCC(CCC(C)(C)C)Cc1cccc(Cl)c1. The molecule has 114 valence electrons. The summed E-state index contributed by atoms with van der Waals surface area (Å²) in [6.45, 7) is 11.4. The Labute approximate surface area is 130 Å². The lowest BCUT2D eigenvalue weighted by Crippen LogP contribution is -2.26. The van der Waals surface area contributed by atoms with Crippen molar-refractivity contribution in [3.05, 3.63) is 34.9 Å². The van der Waals surface area contributed by atoms with Crippen LogP contribution in [0.2, 0.25) is 5.02 Å². The maximum atomic E-state index is 6.09. The molecule has 0 aliphatic carbocycles. The highest BCUT2D eigenvalue weighted by Gasteiger charge is 2.16. The molecule has 2 heteroatoms. The minimum Gasteiger partial charge on any atom is -0.316 e. The third-order valence-electron chi connectivity index (χ3n) is 3.58. The van der Waals surface area contributed by atoms with Crippen LogP contribution in [0.5, 0.6) is 0 Å². The molecule has 20 heavy (non-hydrogen) atoms. The topological polar surface area (TPSA) is 12.0 Å². The number of nitrogens with one attached hydrogen (secondary N) is 1. The Bertz CT molecular complexity index is 381. The van der Waals surface area contributed by atoms with E-state index in [0.29, 0.717) is 11.3 Å². The Morgan fingerprint density at radius 1 is 1.25 bits per heavy atom. The van der Waals surface area contributed by atoms with Gasteiger partial charge in [-0.15, -0.1) is 0 Å². The lowest BCUT2D eigenvalue weighted by molar-refractivity contribution is 0.314. The van der Waals surface area contributed by atoms with Crippen molar-refractivity contribution in [3.8, 4) is 0 Å². The highest BCUT2D eigenvalue weighted by Crippen LogP contribution is 2.25. The van der Waals surface area contributed by atoms with Gasteiger partial charge >= 0.3 is 0 Å². The van der Waals surface area contributed by atoms with Crippen LogP contribution in [0.3, 0.4) is 0 Å². The molecule has 0 aromatic heterocycles. The molecule has 1 aromatic carbocycles. The van der Waals surface area contributed by atoms with Crippen molar-refractivity contribution in [2.75, 3.05) is 13.1 Å². The van der Waals surface area contributed by atoms with E-state index in [0.717, 1.165) is 24.5 Å². The molecule has 0 radical (unpaired) electrons.